The lowest BCUT2D eigenvalue weighted by molar-refractivity contribution is -0.143. The summed E-state index contributed by atoms with van der Waals surface area (Å²) in [4.78, 5) is 11.9. The van der Waals surface area contributed by atoms with Crippen molar-refractivity contribution in [1.29, 1.82) is 0 Å². The van der Waals surface area contributed by atoms with Crippen molar-refractivity contribution in [1.82, 2.24) is 0 Å². The summed E-state index contributed by atoms with van der Waals surface area (Å²) in [5.74, 6) is -1.24. The fourth-order valence-corrected chi connectivity index (χ4v) is 1.88. The monoisotopic (exact) mass is 349 g/mol. The molecule has 2 rings (SSSR count). The van der Waals surface area contributed by atoms with E-state index in [4.69, 9.17) is 0 Å². The number of alkyl halides is 6. The lowest BCUT2D eigenvalue weighted by atomic mass is 10.1. The number of benzene rings is 2. The first kappa shape index (κ1) is 17.6. The molecule has 0 aliphatic carbocycles. The molecule has 0 heterocycles. The molecule has 1 amide bonds. The molecule has 3 nitrogen and oxygen atoms in total. The predicted octanol–water partition coefficient (Wildman–Crippen LogP) is 4.68. The Morgan fingerprint density at radius 2 is 1.42 bits per heavy atom. The van der Waals surface area contributed by atoms with Crippen molar-refractivity contribution in [3.8, 4) is 5.75 Å². The van der Waals surface area contributed by atoms with Crippen molar-refractivity contribution in [3.05, 3.63) is 59.2 Å². The first-order valence-corrected chi connectivity index (χ1v) is 6.37. The van der Waals surface area contributed by atoms with Crippen LogP contribution in [0.15, 0.2) is 42.5 Å². The maximum Gasteiger partial charge on any atom is 0.416 e. The van der Waals surface area contributed by atoms with Crippen molar-refractivity contribution in [2.24, 2.45) is 0 Å². The SMILES string of the molecule is O=C(Nc1cc(C(F)(F)F)cc(C(F)(F)F)c1)c1cccc(O)c1. The number of amides is 1. The molecule has 0 unspecified atom stereocenters. The summed E-state index contributed by atoms with van der Waals surface area (Å²) in [6, 6.07) is 5.58. The Bertz CT molecular complexity index is 735. The Kier molecular flexibility index (Phi) is 4.46. The Labute approximate surface area is 131 Å². The third kappa shape index (κ3) is 4.18. The van der Waals surface area contributed by atoms with Gasteiger partial charge in [0.2, 0.25) is 0 Å². The summed E-state index contributed by atoms with van der Waals surface area (Å²) in [5.41, 5.74) is -3.86. The van der Waals surface area contributed by atoms with Gasteiger partial charge in [0.25, 0.3) is 5.91 Å². The van der Waals surface area contributed by atoms with E-state index in [-0.39, 0.29) is 17.4 Å². The second-order valence-electron chi connectivity index (χ2n) is 4.80. The van der Waals surface area contributed by atoms with E-state index < -0.39 is 35.1 Å². The summed E-state index contributed by atoms with van der Waals surface area (Å²) >= 11 is 0. The van der Waals surface area contributed by atoms with Gasteiger partial charge in [0.05, 0.1) is 11.1 Å². The van der Waals surface area contributed by atoms with Gasteiger partial charge < -0.3 is 10.4 Å². The molecule has 24 heavy (non-hydrogen) atoms. The maximum atomic E-state index is 12.7. The van der Waals surface area contributed by atoms with E-state index in [1.54, 1.807) is 0 Å². The van der Waals surface area contributed by atoms with E-state index in [0.29, 0.717) is 12.1 Å². The van der Waals surface area contributed by atoms with Crippen molar-refractivity contribution in [2.45, 2.75) is 12.4 Å². The van der Waals surface area contributed by atoms with Crippen molar-refractivity contribution >= 4 is 11.6 Å². The fourth-order valence-electron chi connectivity index (χ4n) is 1.88. The van der Waals surface area contributed by atoms with Crippen LogP contribution in [0.5, 0.6) is 5.75 Å². The number of nitrogens with one attached hydrogen (secondary N) is 1. The summed E-state index contributed by atoms with van der Waals surface area (Å²) < 4.78 is 76.4. The average Bonchev–Trinajstić information content (AvgIpc) is 2.45. The quantitative estimate of drug-likeness (QED) is 0.774. The second-order valence-corrected chi connectivity index (χ2v) is 4.80. The number of hydrogen-bond acceptors (Lipinski definition) is 2. The summed E-state index contributed by atoms with van der Waals surface area (Å²) in [6.45, 7) is 0. The second kappa shape index (κ2) is 6.06. The standard InChI is InChI=1S/C15H9F6NO2/c16-14(17,18)9-5-10(15(19,20)21)7-11(6-9)22-13(24)8-2-1-3-12(23)4-8/h1-7,23H,(H,22,24). The van der Waals surface area contributed by atoms with Crippen LogP contribution in [0.3, 0.4) is 0 Å². The molecule has 0 bridgehead atoms. The van der Waals surface area contributed by atoms with E-state index in [1.807, 2.05) is 5.32 Å². The zero-order chi connectivity index (χ0) is 18.1. The molecule has 0 fully saturated rings. The van der Waals surface area contributed by atoms with Gasteiger partial charge in [-0.1, -0.05) is 6.07 Å². The first-order valence-electron chi connectivity index (χ1n) is 6.37. The van der Waals surface area contributed by atoms with E-state index >= 15 is 0 Å². The van der Waals surface area contributed by atoms with Crippen LogP contribution in [0.1, 0.15) is 21.5 Å². The molecule has 0 spiro atoms. The van der Waals surface area contributed by atoms with E-state index in [0.717, 1.165) is 6.07 Å². The minimum atomic E-state index is -5.01. The van der Waals surface area contributed by atoms with Crippen LogP contribution in [0.2, 0.25) is 0 Å². The zero-order valence-electron chi connectivity index (χ0n) is 11.7. The van der Waals surface area contributed by atoms with Crippen LogP contribution in [0.4, 0.5) is 32.0 Å². The highest BCUT2D eigenvalue weighted by Crippen LogP contribution is 2.37. The summed E-state index contributed by atoms with van der Waals surface area (Å²) in [7, 11) is 0. The predicted molar refractivity (Wildman–Crippen MR) is 72.5 cm³/mol. The van der Waals surface area contributed by atoms with Crippen molar-refractivity contribution in [3.63, 3.8) is 0 Å². The number of phenolic OH excluding ortho intramolecular Hbond substituents is 1. The molecule has 2 aromatic rings. The van der Waals surface area contributed by atoms with Gasteiger partial charge in [-0.3, -0.25) is 4.79 Å². The van der Waals surface area contributed by atoms with Crippen molar-refractivity contribution in [2.75, 3.05) is 5.32 Å². The number of phenols is 1. The third-order valence-electron chi connectivity index (χ3n) is 2.95. The number of anilines is 1. The van der Waals surface area contributed by atoms with Gasteiger partial charge in [-0.05, 0) is 36.4 Å². The van der Waals surface area contributed by atoms with Crippen LogP contribution in [-0.2, 0) is 12.4 Å². The van der Waals surface area contributed by atoms with Crippen LogP contribution in [-0.4, -0.2) is 11.0 Å². The number of carbonyl (C=O) groups is 1. The van der Waals surface area contributed by atoms with E-state index in [2.05, 4.69) is 0 Å². The van der Waals surface area contributed by atoms with Gasteiger partial charge in [0, 0.05) is 11.3 Å². The lowest BCUT2D eigenvalue weighted by Gasteiger charge is -2.14. The van der Waals surface area contributed by atoms with Crippen molar-refractivity contribution < 1.29 is 36.2 Å². The van der Waals surface area contributed by atoms with Crippen LogP contribution in [0, 0.1) is 0 Å². The zero-order valence-corrected chi connectivity index (χ0v) is 11.7. The molecule has 0 atom stereocenters. The highest BCUT2D eigenvalue weighted by molar-refractivity contribution is 6.04. The number of aromatic hydroxyl groups is 1. The number of hydrogen-bond donors (Lipinski definition) is 2. The van der Waals surface area contributed by atoms with Crippen LogP contribution in [0.25, 0.3) is 0 Å². The molecular formula is C15H9F6NO2. The molecule has 0 aliphatic rings. The smallest absolute Gasteiger partial charge is 0.416 e. The molecule has 0 aliphatic heterocycles. The highest BCUT2D eigenvalue weighted by Gasteiger charge is 2.37. The summed E-state index contributed by atoms with van der Waals surface area (Å²) in [5, 5.41) is 11.2. The molecule has 0 radical (unpaired) electrons. The molecule has 0 saturated carbocycles. The lowest BCUT2D eigenvalue weighted by Crippen LogP contribution is -2.15. The van der Waals surface area contributed by atoms with Gasteiger partial charge in [-0.25, -0.2) is 0 Å². The first-order chi connectivity index (χ1) is 11.0. The maximum absolute atomic E-state index is 12.7. The Hall–Kier alpha value is -2.71. The molecule has 0 saturated heterocycles. The number of carbonyl (C=O) groups excluding carboxylic acids is 1. The van der Waals surface area contributed by atoms with Gasteiger partial charge in [0.15, 0.2) is 0 Å². The minimum Gasteiger partial charge on any atom is -0.508 e. The summed E-state index contributed by atoms with van der Waals surface area (Å²) in [6.07, 6.45) is -10.0. The average molecular weight is 349 g/mol. The topological polar surface area (TPSA) is 49.3 Å². The Morgan fingerprint density at radius 1 is 0.875 bits per heavy atom. The van der Waals surface area contributed by atoms with Gasteiger partial charge >= 0.3 is 12.4 Å². The number of rotatable bonds is 2. The third-order valence-corrected chi connectivity index (χ3v) is 2.95. The van der Waals surface area contributed by atoms with Crippen LogP contribution < -0.4 is 5.32 Å². The molecule has 9 heteroatoms. The Balaban J connectivity index is 2.40. The normalized spacial score (nSPS) is 12.1. The number of halogens is 6. The minimum absolute atomic E-state index is 0.0377. The molecule has 0 aromatic heterocycles. The fraction of sp³-hybridized carbons (Fsp3) is 0.133. The molecule has 2 aromatic carbocycles. The molecular weight excluding hydrogens is 340 g/mol. The van der Waals surface area contributed by atoms with Gasteiger partial charge in [0.1, 0.15) is 5.75 Å². The molecule has 128 valence electrons. The largest absolute Gasteiger partial charge is 0.508 e. The van der Waals surface area contributed by atoms with E-state index in [1.165, 1.54) is 18.2 Å². The van der Waals surface area contributed by atoms with Gasteiger partial charge in [-0.2, -0.15) is 26.3 Å². The van der Waals surface area contributed by atoms with Crippen LogP contribution >= 0.6 is 0 Å². The van der Waals surface area contributed by atoms with E-state index in [9.17, 15) is 36.2 Å². The Morgan fingerprint density at radius 3 is 1.88 bits per heavy atom. The molecule has 2 N–H and O–H groups in total. The van der Waals surface area contributed by atoms with Gasteiger partial charge in [-0.15, -0.1) is 0 Å². The highest BCUT2D eigenvalue weighted by atomic mass is 19.4.